The molecule has 1 aromatic rings. The Balaban J connectivity index is 3.17. The average molecular weight is 423 g/mol. The molecule has 1 unspecified atom stereocenters. The van der Waals surface area contributed by atoms with Crippen molar-refractivity contribution in [1.29, 1.82) is 0 Å². The van der Waals surface area contributed by atoms with E-state index in [4.69, 9.17) is 24.7 Å². The lowest BCUT2D eigenvalue weighted by Crippen LogP contribution is -2.53. The molecule has 0 aliphatic heterocycles. The van der Waals surface area contributed by atoms with Crippen LogP contribution in [0.1, 0.15) is 46.6 Å². The van der Waals surface area contributed by atoms with E-state index in [2.05, 4.69) is 0 Å². The Morgan fingerprint density at radius 3 is 2.07 bits per heavy atom. The van der Waals surface area contributed by atoms with Crippen molar-refractivity contribution in [2.24, 2.45) is 11.7 Å². The second kappa shape index (κ2) is 10.7. The van der Waals surface area contributed by atoms with Crippen LogP contribution in [0.4, 0.5) is 0 Å². The Bertz CT molecular complexity index is 804. The quantitative estimate of drug-likeness (QED) is 0.467. The van der Waals surface area contributed by atoms with Crippen LogP contribution in [-0.2, 0) is 35.1 Å². The molecular weight excluding hydrogens is 394 g/mol. The number of hydrogen-bond acceptors (Lipinski definition) is 9. The summed E-state index contributed by atoms with van der Waals surface area (Å²) in [6.45, 7) is 7.46. The lowest BCUT2D eigenvalue weighted by molar-refractivity contribution is -0.157. The number of esters is 4. The molecule has 0 aliphatic carbocycles. The first-order chi connectivity index (χ1) is 13.9. The monoisotopic (exact) mass is 423 g/mol. The van der Waals surface area contributed by atoms with Gasteiger partial charge in [-0.1, -0.05) is 19.9 Å². The predicted molar refractivity (Wildman–Crippen MR) is 107 cm³/mol. The van der Waals surface area contributed by atoms with Crippen LogP contribution in [0.25, 0.3) is 0 Å². The molecule has 2 N–H and O–H groups in total. The van der Waals surface area contributed by atoms with E-state index < -0.39 is 35.5 Å². The molecule has 0 saturated carbocycles. The highest BCUT2D eigenvalue weighted by atomic mass is 16.6. The van der Waals surface area contributed by atoms with Crippen LogP contribution in [0, 0.1) is 5.92 Å². The fourth-order valence-electron chi connectivity index (χ4n) is 2.82. The van der Waals surface area contributed by atoms with E-state index in [-0.39, 0.29) is 30.3 Å². The van der Waals surface area contributed by atoms with E-state index in [1.54, 1.807) is 26.8 Å². The third-order valence-electron chi connectivity index (χ3n) is 4.07. The Labute approximate surface area is 175 Å². The summed E-state index contributed by atoms with van der Waals surface area (Å²) in [5, 5.41) is 0. The first-order valence-electron chi connectivity index (χ1n) is 9.45. The van der Waals surface area contributed by atoms with Gasteiger partial charge in [-0.25, -0.2) is 0 Å². The number of carbonyl (C=O) groups is 4. The second-order valence-electron chi connectivity index (χ2n) is 7.40. The minimum Gasteiger partial charge on any atom is -0.468 e. The fourth-order valence-corrected chi connectivity index (χ4v) is 2.82. The van der Waals surface area contributed by atoms with Gasteiger partial charge in [-0.2, -0.15) is 0 Å². The van der Waals surface area contributed by atoms with Gasteiger partial charge in [-0.05, 0) is 24.6 Å². The fraction of sp³-hybridized carbons (Fsp3) is 0.524. The van der Waals surface area contributed by atoms with E-state index in [0.717, 1.165) is 0 Å². The first kappa shape index (κ1) is 25.1. The van der Waals surface area contributed by atoms with Crippen LogP contribution in [0.3, 0.4) is 0 Å². The number of hydrogen-bond donors (Lipinski definition) is 1. The summed E-state index contributed by atoms with van der Waals surface area (Å²) < 4.78 is 20.3. The van der Waals surface area contributed by atoms with Crippen LogP contribution in [0.15, 0.2) is 18.2 Å². The normalized spacial score (nSPS) is 13.7. The molecule has 0 aromatic heterocycles. The van der Waals surface area contributed by atoms with E-state index in [1.807, 2.05) is 0 Å². The van der Waals surface area contributed by atoms with Gasteiger partial charge in [0.15, 0.2) is 11.5 Å². The van der Waals surface area contributed by atoms with E-state index in [1.165, 1.54) is 33.1 Å². The Morgan fingerprint density at radius 2 is 1.57 bits per heavy atom. The van der Waals surface area contributed by atoms with Gasteiger partial charge in [-0.3, -0.25) is 19.2 Å². The number of methoxy groups -OCH3 is 1. The van der Waals surface area contributed by atoms with Crippen molar-refractivity contribution in [3.63, 3.8) is 0 Å². The van der Waals surface area contributed by atoms with Gasteiger partial charge in [0.25, 0.3) is 0 Å². The van der Waals surface area contributed by atoms with Gasteiger partial charge in [-0.15, -0.1) is 0 Å². The number of ether oxygens (including phenoxy) is 4. The lowest BCUT2D eigenvalue weighted by Gasteiger charge is -2.29. The third kappa shape index (κ3) is 7.47. The molecule has 0 fully saturated rings. The van der Waals surface area contributed by atoms with Gasteiger partial charge in [0.1, 0.15) is 11.6 Å². The van der Waals surface area contributed by atoms with E-state index in [0.29, 0.717) is 5.56 Å². The van der Waals surface area contributed by atoms with Crippen LogP contribution < -0.4 is 15.2 Å². The largest absolute Gasteiger partial charge is 0.468 e. The molecule has 9 nitrogen and oxygen atoms in total. The molecule has 2 atom stereocenters. The summed E-state index contributed by atoms with van der Waals surface area (Å²) in [7, 11) is 1.21. The zero-order chi connectivity index (χ0) is 23.1. The average Bonchev–Trinajstić information content (AvgIpc) is 2.61. The van der Waals surface area contributed by atoms with Crippen molar-refractivity contribution in [1.82, 2.24) is 0 Å². The maximum Gasteiger partial charge on any atom is 0.326 e. The molecule has 166 valence electrons. The minimum atomic E-state index is -1.51. The third-order valence-corrected chi connectivity index (χ3v) is 4.07. The molecule has 0 saturated heterocycles. The number of nitrogens with two attached hydrogens (primary N) is 1. The second-order valence-corrected chi connectivity index (χ2v) is 7.40. The lowest BCUT2D eigenvalue weighted by atomic mass is 9.86. The highest BCUT2D eigenvalue weighted by Crippen LogP contribution is 2.31. The van der Waals surface area contributed by atoms with Crippen molar-refractivity contribution < 1.29 is 38.1 Å². The smallest absolute Gasteiger partial charge is 0.326 e. The highest BCUT2D eigenvalue weighted by molar-refractivity contribution is 5.81. The Hall–Kier alpha value is -2.94. The van der Waals surface area contributed by atoms with Crippen molar-refractivity contribution in [2.75, 3.05) is 7.11 Å². The summed E-state index contributed by atoms with van der Waals surface area (Å²) in [5.41, 5.74) is 5.36. The highest BCUT2D eigenvalue weighted by Gasteiger charge is 2.38. The molecule has 0 amide bonds. The molecule has 9 heteroatoms. The number of rotatable bonds is 9. The van der Waals surface area contributed by atoms with Crippen LogP contribution in [-0.4, -0.2) is 42.6 Å². The molecule has 0 radical (unpaired) electrons. The standard InChI is InChI=1S/C21H29NO8/c1-12(2)19(25)28-13(3)10-21(22,20(26)27-6)11-16-7-8-17(29-14(4)23)18(9-16)30-15(5)24/h7-9,12-13H,10-11,22H2,1-6H3/t13-,21?/m0/s1. The van der Waals surface area contributed by atoms with E-state index in [9.17, 15) is 19.2 Å². The Kier molecular flexibility index (Phi) is 8.97. The molecule has 0 aliphatic rings. The van der Waals surface area contributed by atoms with Crippen LogP contribution in [0.2, 0.25) is 0 Å². The molecule has 0 bridgehead atoms. The molecular formula is C21H29NO8. The maximum absolute atomic E-state index is 12.4. The zero-order valence-electron chi connectivity index (χ0n) is 18.1. The molecule has 30 heavy (non-hydrogen) atoms. The SMILES string of the molecule is COC(=O)C(N)(Cc1ccc(OC(C)=O)c(OC(C)=O)c1)C[C@H](C)OC(=O)C(C)C. The van der Waals surface area contributed by atoms with E-state index >= 15 is 0 Å². The molecule has 1 rings (SSSR count). The van der Waals surface area contributed by atoms with Crippen LogP contribution in [0.5, 0.6) is 11.5 Å². The van der Waals surface area contributed by atoms with Crippen LogP contribution >= 0.6 is 0 Å². The summed E-state index contributed by atoms with van der Waals surface area (Å²) in [5.74, 6) is -2.53. The number of carbonyl (C=O) groups excluding carboxylic acids is 4. The molecule has 0 spiro atoms. The maximum atomic E-state index is 12.4. The van der Waals surface area contributed by atoms with Gasteiger partial charge < -0.3 is 24.7 Å². The summed E-state index contributed by atoms with van der Waals surface area (Å²) >= 11 is 0. The molecule has 1 aromatic carbocycles. The molecule has 0 heterocycles. The van der Waals surface area contributed by atoms with Crippen molar-refractivity contribution >= 4 is 23.9 Å². The summed E-state index contributed by atoms with van der Waals surface area (Å²) in [6.07, 6.45) is -0.637. The van der Waals surface area contributed by atoms with Gasteiger partial charge in [0.05, 0.1) is 13.0 Å². The first-order valence-corrected chi connectivity index (χ1v) is 9.45. The summed E-state index contributed by atoms with van der Waals surface area (Å²) in [6, 6.07) is 4.48. The zero-order valence-corrected chi connectivity index (χ0v) is 18.1. The van der Waals surface area contributed by atoms with Crippen molar-refractivity contribution in [3.05, 3.63) is 23.8 Å². The van der Waals surface area contributed by atoms with Gasteiger partial charge in [0.2, 0.25) is 0 Å². The predicted octanol–water partition coefficient (Wildman–Crippen LogP) is 1.93. The number of benzene rings is 1. The van der Waals surface area contributed by atoms with Crippen molar-refractivity contribution in [2.45, 2.75) is 59.1 Å². The summed E-state index contributed by atoms with van der Waals surface area (Å²) in [4.78, 5) is 46.9. The topological polar surface area (TPSA) is 131 Å². The Morgan fingerprint density at radius 1 is 1.00 bits per heavy atom. The minimum absolute atomic E-state index is 0.00212. The van der Waals surface area contributed by atoms with Gasteiger partial charge >= 0.3 is 23.9 Å². The van der Waals surface area contributed by atoms with Crippen molar-refractivity contribution in [3.8, 4) is 11.5 Å². The van der Waals surface area contributed by atoms with Gasteiger partial charge in [0, 0.05) is 26.7 Å².